The molecule has 1 aliphatic heterocycles. The van der Waals surface area contributed by atoms with E-state index in [1.54, 1.807) is 6.07 Å². The second-order valence-electron chi connectivity index (χ2n) is 5.16. The third-order valence-corrected chi connectivity index (χ3v) is 3.37. The molecule has 2 rings (SSSR count). The number of benzene rings is 1. The highest BCUT2D eigenvalue weighted by Crippen LogP contribution is 2.50. The van der Waals surface area contributed by atoms with E-state index < -0.39 is 30.5 Å². The van der Waals surface area contributed by atoms with E-state index in [-0.39, 0.29) is 18.1 Å². The number of ether oxygens (including phenoxy) is 5. The third-order valence-electron chi connectivity index (χ3n) is 3.37. The van der Waals surface area contributed by atoms with Crippen LogP contribution >= 0.6 is 0 Å². The first-order valence-corrected chi connectivity index (χ1v) is 7.40. The summed E-state index contributed by atoms with van der Waals surface area (Å²) >= 11 is 0. The Labute approximate surface area is 144 Å². The van der Waals surface area contributed by atoms with Crippen molar-refractivity contribution < 1.29 is 38.1 Å². The summed E-state index contributed by atoms with van der Waals surface area (Å²) in [6.07, 6.45) is 0. The molecule has 0 fully saturated rings. The maximum absolute atomic E-state index is 11.9. The fourth-order valence-corrected chi connectivity index (χ4v) is 2.42. The van der Waals surface area contributed by atoms with Crippen molar-refractivity contribution in [1.82, 2.24) is 5.32 Å². The number of rotatable bonds is 6. The SMILES string of the molecule is COc1cc2c(c(OC(C)=O)c1OC)C(NC(=O)COC(C)=O)CO2. The molecule has 0 aliphatic carbocycles. The molecule has 136 valence electrons. The molecule has 0 saturated heterocycles. The van der Waals surface area contributed by atoms with Gasteiger partial charge in [0.15, 0.2) is 18.1 Å². The van der Waals surface area contributed by atoms with Gasteiger partial charge in [0.25, 0.3) is 5.91 Å². The lowest BCUT2D eigenvalue weighted by atomic mass is 10.1. The topological polar surface area (TPSA) is 109 Å². The van der Waals surface area contributed by atoms with Gasteiger partial charge in [-0.2, -0.15) is 0 Å². The average Bonchev–Trinajstić information content (AvgIpc) is 2.94. The molecule has 1 aromatic rings. The number of nitrogens with one attached hydrogen (secondary N) is 1. The van der Waals surface area contributed by atoms with Gasteiger partial charge < -0.3 is 29.0 Å². The zero-order chi connectivity index (χ0) is 18.6. The first-order chi connectivity index (χ1) is 11.9. The summed E-state index contributed by atoms with van der Waals surface area (Å²) in [6, 6.07) is 0.978. The molecule has 1 heterocycles. The summed E-state index contributed by atoms with van der Waals surface area (Å²) in [5.41, 5.74) is 0.448. The highest BCUT2D eigenvalue weighted by molar-refractivity contribution is 5.81. The average molecular weight is 353 g/mol. The minimum Gasteiger partial charge on any atom is -0.493 e. The van der Waals surface area contributed by atoms with E-state index in [4.69, 9.17) is 18.9 Å². The molecule has 1 unspecified atom stereocenters. The van der Waals surface area contributed by atoms with E-state index in [1.807, 2.05) is 0 Å². The summed E-state index contributed by atoms with van der Waals surface area (Å²) in [5, 5.41) is 2.66. The summed E-state index contributed by atoms with van der Waals surface area (Å²) in [4.78, 5) is 34.2. The van der Waals surface area contributed by atoms with E-state index in [0.717, 1.165) is 0 Å². The van der Waals surface area contributed by atoms with Crippen molar-refractivity contribution in [1.29, 1.82) is 0 Å². The van der Waals surface area contributed by atoms with Gasteiger partial charge in [0.05, 0.1) is 25.8 Å². The van der Waals surface area contributed by atoms with E-state index in [0.29, 0.717) is 17.1 Å². The quantitative estimate of drug-likeness (QED) is 0.589. The van der Waals surface area contributed by atoms with Gasteiger partial charge in [-0.05, 0) is 0 Å². The molecule has 0 saturated carbocycles. The zero-order valence-corrected chi connectivity index (χ0v) is 14.3. The molecule has 0 radical (unpaired) electrons. The molecule has 9 nitrogen and oxygen atoms in total. The lowest BCUT2D eigenvalue weighted by molar-refractivity contribution is -0.146. The third kappa shape index (κ3) is 4.11. The Morgan fingerprint density at radius 1 is 1.16 bits per heavy atom. The van der Waals surface area contributed by atoms with Gasteiger partial charge in [0.1, 0.15) is 12.4 Å². The van der Waals surface area contributed by atoms with Gasteiger partial charge in [-0.15, -0.1) is 0 Å². The van der Waals surface area contributed by atoms with Crippen LogP contribution in [0.25, 0.3) is 0 Å². The molecule has 1 aromatic carbocycles. The summed E-state index contributed by atoms with van der Waals surface area (Å²) in [5.74, 6) is -0.604. The van der Waals surface area contributed by atoms with Crippen molar-refractivity contribution in [2.75, 3.05) is 27.4 Å². The van der Waals surface area contributed by atoms with Crippen LogP contribution in [-0.2, 0) is 19.1 Å². The summed E-state index contributed by atoms with van der Waals surface area (Å²) in [6.45, 7) is 2.15. The van der Waals surface area contributed by atoms with Crippen LogP contribution in [0.5, 0.6) is 23.0 Å². The van der Waals surface area contributed by atoms with Crippen molar-refractivity contribution in [2.45, 2.75) is 19.9 Å². The number of hydrogen-bond donors (Lipinski definition) is 1. The molecule has 9 heteroatoms. The number of amides is 1. The maximum Gasteiger partial charge on any atom is 0.308 e. The normalized spacial score (nSPS) is 14.8. The van der Waals surface area contributed by atoms with Crippen molar-refractivity contribution in [3.63, 3.8) is 0 Å². The smallest absolute Gasteiger partial charge is 0.308 e. The molecular formula is C16H19NO8. The number of methoxy groups -OCH3 is 2. The van der Waals surface area contributed by atoms with Crippen LogP contribution in [0.2, 0.25) is 0 Å². The van der Waals surface area contributed by atoms with Crippen molar-refractivity contribution >= 4 is 17.8 Å². The second-order valence-corrected chi connectivity index (χ2v) is 5.16. The molecule has 1 aliphatic rings. The van der Waals surface area contributed by atoms with Crippen LogP contribution in [0.15, 0.2) is 6.07 Å². The van der Waals surface area contributed by atoms with Crippen LogP contribution < -0.4 is 24.3 Å². The van der Waals surface area contributed by atoms with Gasteiger partial charge in [0.2, 0.25) is 5.75 Å². The zero-order valence-electron chi connectivity index (χ0n) is 14.3. The molecule has 1 atom stereocenters. The second kappa shape index (κ2) is 7.73. The molecule has 0 spiro atoms. The Hall–Kier alpha value is -2.97. The van der Waals surface area contributed by atoms with E-state index in [9.17, 15) is 14.4 Å². The highest BCUT2D eigenvalue weighted by Gasteiger charge is 2.34. The van der Waals surface area contributed by atoms with Crippen LogP contribution in [0.4, 0.5) is 0 Å². The van der Waals surface area contributed by atoms with E-state index in [1.165, 1.54) is 28.1 Å². The monoisotopic (exact) mass is 353 g/mol. The molecule has 0 bridgehead atoms. The molecule has 0 aromatic heterocycles. The van der Waals surface area contributed by atoms with Gasteiger partial charge in [-0.3, -0.25) is 14.4 Å². The number of carbonyl (C=O) groups is 3. The molecule has 25 heavy (non-hydrogen) atoms. The van der Waals surface area contributed by atoms with Gasteiger partial charge >= 0.3 is 11.9 Å². The summed E-state index contributed by atoms with van der Waals surface area (Å²) < 4.78 is 26.0. The van der Waals surface area contributed by atoms with E-state index in [2.05, 4.69) is 10.1 Å². The van der Waals surface area contributed by atoms with Crippen LogP contribution in [0.3, 0.4) is 0 Å². The standard InChI is InChI=1S/C16H19NO8/c1-8(18)23-7-13(20)17-10-6-24-11-5-12(21-3)15(22-4)16(14(10)11)25-9(2)19/h5,10H,6-7H2,1-4H3,(H,17,20). The van der Waals surface area contributed by atoms with Crippen LogP contribution in [0.1, 0.15) is 25.5 Å². The van der Waals surface area contributed by atoms with Crippen molar-refractivity contribution in [2.24, 2.45) is 0 Å². The van der Waals surface area contributed by atoms with Crippen LogP contribution in [-0.4, -0.2) is 45.3 Å². The number of carbonyl (C=O) groups excluding carboxylic acids is 3. The van der Waals surface area contributed by atoms with Gasteiger partial charge in [-0.25, -0.2) is 0 Å². The predicted octanol–water partition coefficient (Wildman–Crippen LogP) is 0.742. The minimum absolute atomic E-state index is 0.111. The Bertz CT molecular complexity index is 700. The minimum atomic E-state index is -0.604. The fraction of sp³-hybridized carbons (Fsp3) is 0.438. The lowest BCUT2D eigenvalue weighted by Gasteiger charge is -2.18. The predicted molar refractivity (Wildman–Crippen MR) is 83.9 cm³/mol. The van der Waals surface area contributed by atoms with Crippen molar-refractivity contribution in [3.05, 3.63) is 11.6 Å². The van der Waals surface area contributed by atoms with Crippen LogP contribution in [0, 0.1) is 0 Å². The number of hydrogen-bond acceptors (Lipinski definition) is 8. The molecule has 1 N–H and O–H groups in total. The number of esters is 2. The molecule has 1 amide bonds. The Balaban J connectivity index is 2.36. The first-order valence-electron chi connectivity index (χ1n) is 7.40. The van der Waals surface area contributed by atoms with Gasteiger partial charge in [0, 0.05) is 19.9 Å². The molecular weight excluding hydrogens is 334 g/mol. The highest BCUT2D eigenvalue weighted by atomic mass is 16.6. The Morgan fingerprint density at radius 3 is 2.44 bits per heavy atom. The number of fused-ring (bicyclic) bond motifs is 1. The first kappa shape index (κ1) is 18.4. The summed E-state index contributed by atoms with van der Waals surface area (Å²) in [7, 11) is 2.84. The fourth-order valence-electron chi connectivity index (χ4n) is 2.42. The maximum atomic E-state index is 11.9. The van der Waals surface area contributed by atoms with E-state index >= 15 is 0 Å². The Kier molecular flexibility index (Phi) is 5.68. The lowest BCUT2D eigenvalue weighted by Crippen LogP contribution is -2.33. The van der Waals surface area contributed by atoms with Gasteiger partial charge in [-0.1, -0.05) is 0 Å². The Morgan fingerprint density at radius 2 is 1.88 bits per heavy atom. The van der Waals surface area contributed by atoms with Crippen molar-refractivity contribution in [3.8, 4) is 23.0 Å². The largest absolute Gasteiger partial charge is 0.493 e.